The number of ether oxygens (including phenoxy) is 1. The average molecular weight is 365 g/mol. The monoisotopic (exact) mass is 365 g/mol. The number of rotatable bonds is 4. The third-order valence-corrected chi connectivity index (χ3v) is 5.93. The van der Waals surface area contributed by atoms with Gasteiger partial charge in [-0.15, -0.1) is 0 Å². The number of hydrogen-bond donors (Lipinski definition) is 1. The summed E-state index contributed by atoms with van der Waals surface area (Å²) < 4.78 is 67.8. The molecule has 0 unspecified atom stereocenters. The summed E-state index contributed by atoms with van der Waals surface area (Å²) in [5.74, 6) is -0.408. The van der Waals surface area contributed by atoms with E-state index in [1.807, 2.05) is 0 Å². The Bertz CT molecular complexity index is 695. The molecule has 0 bridgehead atoms. The molecule has 0 aromatic heterocycles. The first-order valence-corrected chi connectivity index (χ1v) is 9.09. The quantitative estimate of drug-likeness (QED) is 0.888. The van der Waals surface area contributed by atoms with E-state index < -0.39 is 27.7 Å². The molecule has 0 saturated heterocycles. The molecule has 134 valence electrons. The van der Waals surface area contributed by atoms with E-state index in [4.69, 9.17) is 10.5 Å². The first-order valence-electron chi connectivity index (χ1n) is 7.44. The predicted octanol–water partition coefficient (Wildman–Crippen LogP) is 3.13. The maximum atomic E-state index is 12.7. The van der Waals surface area contributed by atoms with Crippen LogP contribution >= 0.6 is 0 Å². The van der Waals surface area contributed by atoms with Gasteiger partial charge in [-0.1, -0.05) is 6.07 Å². The highest BCUT2D eigenvalue weighted by Gasteiger charge is 2.33. The molecule has 0 radical (unpaired) electrons. The molecule has 2 rings (SSSR count). The number of sulfone groups is 1. The third kappa shape index (κ3) is 4.86. The van der Waals surface area contributed by atoms with Gasteiger partial charge in [0.15, 0.2) is 9.84 Å². The van der Waals surface area contributed by atoms with Crippen molar-refractivity contribution in [3.8, 4) is 0 Å². The molecule has 0 atom stereocenters. The molecule has 1 saturated carbocycles. The smallest absolute Gasteiger partial charge is 0.416 e. The van der Waals surface area contributed by atoms with Crippen LogP contribution in [0.5, 0.6) is 0 Å². The molecule has 1 aromatic rings. The minimum absolute atomic E-state index is 0.183. The van der Waals surface area contributed by atoms with Gasteiger partial charge < -0.3 is 10.5 Å². The molecular formula is C15H18F3NO4S. The van der Waals surface area contributed by atoms with Crippen LogP contribution in [0.1, 0.15) is 31.2 Å². The van der Waals surface area contributed by atoms with Crippen LogP contribution in [0.3, 0.4) is 0 Å². The largest absolute Gasteiger partial charge is 0.446 e. The molecule has 1 fully saturated rings. The van der Waals surface area contributed by atoms with E-state index in [0.29, 0.717) is 31.7 Å². The number of carbonyl (C=O) groups excluding carboxylic acids is 1. The second kappa shape index (κ2) is 7.00. The number of hydrogen-bond acceptors (Lipinski definition) is 4. The Morgan fingerprint density at radius 2 is 1.83 bits per heavy atom. The summed E-state index contributed by atoms with van der Waals surface area (Å²) in [5, 5.41) is 0. The molecular weight excluding hydrogens is 347 g/mol. The van der Waals surface area contributed by atoms with Crippen LogP contribution < -0.4 is 5.73 Å². The Balaban J connectivity index is 2.04. The maximum absolute atomic E-state index is 12.7. The van der Waals surface area contributed by atoms with Gasteiger partial charge in [0.1, 0.15) is 6.10 Å². The Morgan fingerprint density at radius 1 is 1.21 bits per heavy atom. The molecule has 0 heterocycles. The lowest BCUT2D eigenvalue weighted by atomic mass is 9.89. The predicted molar refractivity (Wildman–Crippen MR) is 79.9 cm³/mol. The lowest BCUT2D eigenvalue weighted by Crippen LogP contribution is -2.29. The standard InChI is InChI=1S/C15H18F3NO4S/c16-15(17,18)11-2-1-3-13(8-11)24(21,22)9-10-4-6-12(7-5-10)23-14(19)20/h1-3,8,10,12H,4-7,9H2,(H2,19,20)/t10-,12-. The minimum atomic E-state index is -4.59. The van der Waals surface area contributed by atoms with E-state index in [2.05, 4.69) is 0 Å². The van der Waals surface area contributed by atoms with Crippen LogP contribution in [0.2, 0.25) is 0 Å². The second-order valence-corrected chi connectivity index (χ2v) is 7.92. The van der Waals surface area contributed by atoms with E-state index in [0.717, 1.165) is 12.1 Å². The zero-order chi connectivity index (χ0) is 18.0. The van der Waals surface area contributed by atoms with Gasteiger partial charge in [0, 0.05) is 0 Å². The van der Waals surface area contributed by atoms with Crippen LogP contribution in [0, 0.1) is 5.92 Å². The zero-order valence-corrected chi connectivity index (χ0v) is 13.6. The number of primary amides is 1. The van der Waals surface area contributed by atoms with Crippen LogP contribution in [-0.2, 0) is 20.8 Å². The van der Waals surface area contributed by atoms with Crippen molar-refractivity contribution in [1.29, 1.82) is 0 Å². The summed E-state index contributed by atoms with van der Waals surface area (Å²) in [6.45, 7) is 0. The van der Waals surface area contributed by atoms with Gasteiger partial charge in [-0.3, -0.25) is 0 Å². The fraction of sp³-hybridized carbons (Fsp3) is 0.533. The number of benzene rings is 1. The van der Waals surface area contributed by atoms with E-state index in [9.17, 15) is 26.4 Å². The molecule has 0 spiro atoms. The highest BCUT2D eigenvalue weighted by Crippen LogP contribution is 2.32. The number of halogens is 3. The molecule has 0 aliphatic heterocycles. The summed E-state index contributed by atoms with van der Waals surface area (Å²) in [5.41, 5.74) is 3.95. The van der Waals surface area contributed by atoms with E-state index >= 15 is 0 Å². The topological polar surface area (TPSA) is 86.5 Å². The van der Waals surface area contributed by atoms with Crippen LogP contribution in [0.4, 0.5) is 18.0 Å². The first-order chi connectivity index (χ1) is 11.1. The van der Waals surface area contributed by atoms with Gasteiger partial charge in [0.2, 0.25) is 0 Å². The molecule has 2 N–H and O–H groups in total. The van der Waals surface area contributed by atoms with Gasteiger partial charge in [-0.25, -0.2) is 13.2 Å². The van der Waals surface area contributed by atoms with E-state index in [-0.39, 0.29) is 22.7 Å². The Kier molecular flexibility index (Phi) is 5.42. The summed E-state index contributed by atoms with van der Waals surface area (Å²) in [7, 11) is -3.82. The highest BCUT2D eigenvalue weighted by atomic mass is 32.2. The van der Waals surface area contributed by atoms with Crippen molar-refractivity contribution in [2.75, 3.05) is 5.75 Å². The molecule has 1 aliphatic rings. The van der Waals surface area contributed by atoms with Crippen molar-refractivity contribution in [1.82, 2.24) is 0 Å². The third-order valence-electron chi connectivity index (χ3n) is 4.05. The molecule has 9 heteroatoms. The van der Waals surface area contributed by atoms with Crippen molar-refractivity contribution in [3.63, 3.8) is 0 Å². The van der Waals surface area contributed by atoms with Crippen molar-refractivity contribution in [2.24, 2.45) is 11.7 Å². The summed E-state index contributed by atoms with van der Waals surface area (Å²) in [6, 6.07) is 3.77. The van der Waals surface area contributed by atoms with E-state index in [1.165, 1.54) is 6.07 Å². The van der Waals surface area contributed by atoms with Crippen molar-refractivity contribution >= 4 is 15.9 Å². The van der Waals surface area contributed by atoms with Crippen molar-refractivity contribution in [2.45, 2.75) is 42.9 Å². The fourth-order valence-corrected chi connectivity index (χ4v) is 4.59. The Morgan fingerprint density at radius 3 is 2.38 bits per heavy atom. The van der Waals surface area contributed by atoms with Gasteiger partial charge in [0.25, 0.3) is 0 Å². The second-order valence-electron chi connectivity index (χ2n) is 5.89. The van der Waals surface area contributed by atoms with Crippen molar-refractivity contribution in [3.05, 3.63) is 29.8 Å². The Hall–Kier alpha value is -1.77. The van der Waals surface area contributed by atoms with Crippen LogP contribution in [0.25, 0.3) is 0 Å². The SMILES string of the molecule is NC(=O)O[C@H]1CC[C@H](CS(=O)(=O)c2cccc(C(F)(F)F)c2)CC1. The molecule has 1 amide bonds. The average Bonchev–Trinajstić information content (AvgIpc) is 2.48. The van der Waals surface area contributed by atoms with Gasteiger partial charge in [-0.2, -0.15) is 13.2 Å². The first kappa shape index (κ1) is 18.6. The normalized spacial score (nSPS) is 22.1. The zero-order valence-electron chi connectivity index (χ0n) is 12.8. The highest BCUT2D eigenvalue weighted by molar-refractivity contribution is 7.91. The molecule has 1 aromatic carbocycles. The lowest BCUT2D eigenvalue weighted by Gasteiger charge is -2.27. The Labute approximate surface area is 137 Å². The minimum Gasteiger partial charge on any atom is -0.446 e. The number of carbonyl (C=O) groups is 1. The molecule has 5 nitrogen and oxygen atoms in total. The van der Waals surface area contributed by atoms with Crippen molar-refractivity contribution < 1.29 is 31.1 Å². The van der Waals surface area contributed by atoms with E-state index in [1.54, 1.807) is 0 Å². The fourth-order valence-electron chi connectivity index (χ4n) is 2.85. The van der Waals surface area contributed by atoms with Gasteiger partial charge in [0.05, 0.1) is 16.2 Å². The number of amides is 1. The summed E-state index contributed by atoms with van der Waals surface area (Å²) in [4.78, 5) is 10.4. The van der Waals surface area contributed by atoms with Gasteiger partial charge >= 0.3 is 12.3 Å². The molecule has 1 aliphatic carbocycles. The summed E-state index contributed by atoms with van der Waals surface area (Å²) >= 11 is 0. The van der Waals surface area contributed by atoms with Crippen LogP contribution in [-0.4, -0.2) is 26.4 Å². The molecule has 24 heavy (non-hydrogen) atoms. The van der Waals surface area contributed by atoms with Gasteiger partial charge in [-0.05, 0) is 49.8 Å². The number of alkyl halides is 3. The maximum Gasteiger partial charge on any atom is 0.416 e. The summed E-state index contributed by atoms with van der Waals surface area (Å²) in [6.07, 6.45) is -3.77. The van der Waals surface area contributed by atoms with Crippen LogP contribution in [0.15, 0.2) is 29.2 Å². The lowest BCUT2D eigenvalue weighted by molar-refractivity contribution is -0.137. The number of nitrogens with two attached hydrogens (primary N) is 1.